The number of aliphatic hydroxyl groups is 1. The quantitative estimate of drug-likeness (QED) is 0.895. The number of fused-ring (bicyclic) bond motifs is 1. The van der Waals surface area contributed by atoms with E-state index in [-0.39, 0.29) is 5.25 Å². The molecule has 1 aromatic rings. The third kappa shape index (κ3) is 2.62. The average molecular weight is 295 g/mol. The maximum Gasteiger partial charge on any atom is 0.215 e. The second kappa shape index (κ2) is 5.47. The summed E-state index contributed by atoms with van der Waals surface area (Å²) in [6, 6.07) is 7.17. The summed E-state index contributed by atoms with van der Waals surface area (Å²) in [6.07, 6.45) is 4.42. The first-order valence-corrected chi connectivity index (χ1v) is 8.89. The molecule has 0 spiro atoms. The summed E-state index contributed by atoms with van der Waals surface area (Å²) in [5, 5.41) is 9.85. The van der Waals surface area contributed by atoms with E-state index in [0.29, 0.717) is 6.42 Å². The summed E-state index contributed by atoms with van der Waals surface area (Å²) in [7, 11) is -3.35. The minimum absolute atomic E-state index is 0.295. The molecule has 20 heavy (non-hydrogen) atoms. The summed E-state index contributed by atoms with van der Waals surface area (Å²) in [5.74, 6) is 0. The van der Waals surface area contributed by atoms with Crippen LogP contribution in [0.2, 0.25) is 0 Å². The topological polar surface area (TPSA) is 66.4 Å². The Bertz CT molecular complexity index is 579. The highest BCUT2D eigenvalue weighted by atomic mass is 32.2. The highest BCUT2D eigenvalue weighted by molar-refractivity contribution is 7.90. The molecule has 5 heteroatoms. The van der Waals surface area contributed by atoms with E-state index in [4.69, 9.17) is 0 Å². The van der Waals surface area contributed by atoms with E-state index < -0.39 is 22.2 Å². The van der Waals surface area contributed by atoms with Gasteiger partial charge in [-0.2, -0.15) is 0 Å². The molecule has 1 saturated carbocycles. The van der Waals surface area contributed by atoms with Gasteiger partial charge in [-0.3, -0.25) is 0 Å². The second-order valence-electron chi connectivity index (χ2n) is 5.87. The van der Waals surface area contributed by atoms with Gasteiger partial charge in [0.25, 0.3) is 0 Å². The van der Waals surface area contributed by atoms with Gasteiger partial charge in [-0.15, -0.1) is 0 Å². The minimum Gasteiger partial charge on any atom is -0.391 e. The van der Waals surface area contributed by atoms with Crippen molar-refractivity contribution in [1.29, 1.82) is 0 Å². The predicted molar refractivity (Wildman–Crippen MR) is 77.8 cm³/mol. The maximum absolute atomic E-state index is 12.5. The third-order valence-electron chi connectivity index (χ3n) is 4.49. The zero-order chi connectivity index (χ0) is 14.2. The molecule has 0 saturated heterocycles. The van der Waals surface area contributed by atoms with Crippen molar-refractivity contribution >= 4 is 10.0 Å². The van der Waals surface area contributed by atoms with Gasteiger partial charge in [-0.1, -0.05) is 43.5 Å². The first-order valence-electron chi connectivity index (χ1n) is 7.35. The molecule has 4 nitrogen and oxygen atoms in total. The molecule has 0 aromatic heterocycles. The molecule has 1 aromatic carbocycles. The summed E-state index contributed by atoms with van der Waals surface area (Å²) in [5.41, 5.74) is 1.95. The number of rotatable bonds is 3. The van der Waals surface area contributed by atoms with Gasteiger partial charge in [0.05, 0.1) is 17.4 Å². The van der Waals surface area contributed by atoms with Crippen LogP contribution in [0.4, 0.5) is 0 Å². The Kier molecular flexibility index (Phi) is 3.84. The van der Waals surface area contributed by atoms with Gasteiger partial charge < -0.3 is 5.11 Å². The van der Waals surface area contributed by atoms with E-state index in [2.05, 4.69) is 4.72 Å². The zero-order valence-corrected chi connectivity index (χ0v) is 12.3. The second-order valence-corrected chi connectivity index (χ2v) is 7.86. The van der Waals surface area contributed by atoms with Crippen molar-refractivity contribution in [3.63, 3.8) is 0 Å². The third-order valence-corrected chi connectivity index (χ3v) is 6.42. The number of hydrogen-bond acceptors (Lipinski definition) is 3. The summed E-state index contributed by atoms with van der Waals surface area (Å²) >= 11 is 0. The molecular weight excluding hydrogens is 274 g/mol. The van der Waals surface area contributed by atoms with Crippen LogP contribution in [0.15, 0.2) is 24.3 Å². The number of aliphatic hydroxyl groups excluding tert-OH is 1. The van der Waals surface area contributed by atoms with Crippen molar-refractivity contribution in [2.75, 3.05) is 0 Å². The van der Waals surface area contributed by atoms with E-state index in [1.807, 2.05) is 24.3 Å². The molecule has 0 amide bonds. The van der Waals surface area contributed by atoms with Crippen molar-refractivity contribution < 1.29 is 13.5 Å². The molecule has 2 aliphatic rings. The molecule has 0 radical (unpaired) electrons. The van der Waals surface area contributed by atoms with E-state index in [1.54, 1.807) is 0 Å². The van der Waals surface area contributed by atoms with Crippen molar-refractivity contribution in [2.45, 2.75) is 55.9 Å². The van der Waals surface area contributed by atoms with Crippen LogP contribution in [0.3, 0.4) is 0 Å². The lowest BCUT2D eigenvalue weighted by Crippen LogP contribution is -2.40. The van der Waals surface area contributed by atoms with E-state index >= 15 is 0 Å². The van der Waals surface area contributed by atoms with Crippen molar-refractivity contribution in [2.24, 2.45) is 0 Å². The van der Waals surface area contributed by atoms with Gasteiger partial charge in [-0.05, 0) is 24.0 Å². The Hall–Kier alpha value is -0.910. The highest BCUT2D eigenvalue weighted by Crippen LogP contribution is 2.33. The lowest BCUT2D eigenvalue weighted by Gasteiger charge is -2.25. The van der Waals surface area contributed by atoms with Crippen LogP contribution < -0.4 is 4.72 Å². The standard InChI is InChI=1S/C15H21NO3S/c17-14-10-11-6-4-5-9-13(11)15(14)16-20(18,19)12-7-2-1-3-8-12/h4-6,9,12,14-17H,1-3,7-8,10H2/t14-,15+/m1/s1. The lowest BCUT2D eigenvalue weighted by atomic mass is 10.0. The first-order chi connectivity index (χ1) is 9.58. The van der Waals surface area contributed by atoms with Crippen molar-refractivity contribution in [3.8, 4) is 0 Å². The molecule has 2 aliphatic carbocycles. The number of hydrogen-bond donors (Lipinski definition) is 2. The maximum atomic E-state index is 12.5. The van der Waals surface area contributed by atoms with Gasteiger partial charge >= 0.3 is 0 Å². The Morgan fingerprint density at radius 2 is 1.80 bits per heavy atom. The number of benzene rings is 1. The van der Waals surface area contributed by atoms with Crippen LogP contribution in [-0.2, 0) is 16.4 Å². The molecular formula is C15H21NO3S. The minimum atomic E-state index is -3.35. The molecule has 0 unspecified atom stereocenters. The monoisotopic (exact) mass is 295 g/mol. The Morgan fingerprint density at radius 1 is 1.10 bits per heavy atom. The fraction of sp³-hybridized carbons (Fsp3) is 0.600. The van der Waals surface area contributed by atoms with Gasteiger partial charge in [0.2, 0.25) is 10.0 Å². The summed E-state index contributed by atoms with van der Waals surface area (Å²) in [4.78, 5) is 0. The molecule has 0 aliphatic heterocycles. The SMILES string of the molecule is O=S(=O)(N[C@H]1c2ccccc2C[C@H]1O)C1CCCCC1. The molecule has 110 valence electrons. The van der Waals surface area contributed by atoms with Crippen LogP contribution in [0.25, 0.3) is 0 Å². The number of sulfonamides is 1. The van der Waals surface area contributed by atoms with Gasteiger partial charge in [0, 0.05) is 6.42 Å². The van der Waals surface area contributed by atoms with Gasteiger partial charge in [0.15, 0.2) is 0 Å². The number of nitrogens with one attached hydrogen (secondary N) is 1. The Labute approximate surface area is 120 Å². The Balaban J connectivity index is 1.80. The van der Waals surface area contributed by atoms with Crippen LogP contribution in [0.5, 0.6) is 0 Å². The van der Waals surface area contributed by atoms with Crippen LogP contribution in [0.1, 0.15) is 49.3 Å². The molecule has 2 atom stereocenters. The largest absolute Gasteiger partial charge is 0.391 e. The first kappa shape index (κ1) is 14.0. The van der Waals surface area contributed by atoms with E-state index in [0.717, 1.165) is 43.2 Å². The smallest absolute Gasteiger partial charge is 0.215 e. The summed E-state index contributed by atoms with van der Waals surface area (Å²) < 4.78 is 27.7. The van der Waals surface area contributed by atoms with Gasteiger partial charge in [0.1, 0.15) is 0 Å². The summed E-state index contributed by atoms with van der Waals surface area (Å²) in [6.45, 7) is 0. The van der Waals surface area contributed by atoms with Crippen LogP contribution >= 0.6 is 0 Å². The molecule has 0 bridgehead atoms. The van der Waals surface area contributed by atoms with Crippen LogP contribution in [-0.4, -0.2) is 24.9 Å². The molecule has 0 heterocycles. The van der Waals surface area contributed by atoms with E-state index in [1.165, 1.54) is 0 Å². The van der Waals surface area contributed by atoms with Crippen molar-refractivity contribution in [3.05, 3.63) is 35.4 Å². The van der Waals surface area contributed by atoms with Crippen molar-refractivity contribution in [1.82, 2.24) is 4.72 Å². The average Bonchev–Trinajstić information content (AvgIpc) is 2.76. The lowest BCUT2D eigenvalue weighted by molar-refractivity contribution is 0.151. The fourth-order valence-corrected chi connectivity index (χ4v) is 5.15. The normalized spacial score (nSPS) is 27.4. The highest BCUT2D eigenvalue weighted by Gasteiger charge is 2.36. The molecule has 2 N–H and O–H groups in total. The zero-order valence-electron chi connectivity index (χ0n) is 11.5. The van der Waals surface area contributed by atoms with Gasteiger partial charge in [-0.25, -0.2) is 13.1 Å². The molecule has 1 fully saturated rings. The van der Waals surface area contributed by atoms with E-state index in [9.17, 15) is 13.5 Å². The fourth-order valence-electron chi connectivity index (χ4n) is 3.36. The Morgan fingerprint density at radius 3 is 2.55 bits per heavy atom. The van der Waals surface area contributed by atoms with Crippen LogP contribution in [0, 0.1) is 0 Å². The molecule has 3 rings (SSSR count). The predicted octanol–water partition coefficient (Wildman–Crippen LogP) is 1.90.